The number of nitro groups is 1. The number of hydrogen-bond donors (Lipinski definition) is 0. The lowest BCUT2D eigenvalue weighted by molar-refractivity contribution is -0.386. The van der Waals surface area contributed by atoms with E-state index in [-0.39, 0.29) is 40.8 Å². The van der Waals surface area contributed by atoms with E-state index < -0.39 is 16.3 Å². The highest BCUT2D eigenvalue weighted by molar-refractivity contribution is 9.10. The summed E-state index contributed by atoms with van der Waals surface area (Å²) in [6, 6.07) is 22.3. The molecule has 6 aromatic rings. The Bertz CT molecular complexity index is 2110. The first-order chi connectivity index (χ1) is 20.3. The molecule has 0 aliphatic carbocycles. The lowest BCUT2D eigenvalue weighted by atomic mass is 10.2. The average Bonchev–Trinajstić information content (AvgIpc) is 3.39. The Morgan fingerprint density at radius 3 is 2.69 bits per heavy atom. The van der Waals surface area contributed by atoms with Gasteiger partial charge in [0.05, 0.1) is 22.0 Å². The van der Waals surface area contributed by atoms with Gasteiger partial charge < -0.3 is 9.15 Å². The van der Waals surface area contributed by atoms with Crippen molar-refractivity contribution < 1.29 is 18.5 Å². The first-order valence-electron chi connectivity index (χ1n) is 12.4. The maximum absolute atomic E-state index is 14.3. The van der Waals surface area contributed by atoms with Gasteiger partial charge in [-0.25, -0.2) is 9.37 Å². The SMILES string of the molecule is O=c1c2ccccc2nc(-c2cc3cc(Cl)ccc3o2)n1N=Cc1cc(Br)cc([N+](=O)[O-])c1OCc1ccccc1F. The van der Waals surface area contributed by atoms with Crippen molar-refractivity contribution in [2.75, 3.05) is 0 Å². The zero-order valence-corrected chi connectivity index (χ0v) is 23.7. The van der Waals surface area contributed by atoms with Crippen LogP contribution in [0.5, 0.6) is 5.75 Å². The fourth-order valence-electron chi connectivity index (χ4n) is 4.39. The molecule has 6 rings (SSSR count). The monoisotopic (exact) mass is 646 g/mol. The van der Waals surface area contributed by atoms with Crippen LogP contribution in [0.3, 0.4) is 0 Å². The van der Waals surface area contributed by atoms with Crippen LogP contribution in [0.4, 0.5) is 10.1 Å². The number of benzene rings is 4. The molecular formula is C30H17BrClFN4O5. The van der Waals surface area contributed by atoms with Gasteiger partial charge in [-0.1, -0.05) is 57.9 Å². The van der Waals surface area contributed by atoms with Crippen molar-refractivity contribution >= 4 is 61.3 Å². The number of nitrogens with zero attached hydrogens (tertiary/aromatic N) is 4. The lowest BCUT2D eigenvalue weighted by Gasteiger charge is -2.11. The van der Waals surface area contributed by atoms with Crippen LogP contribution in [0.15, 0.2) is 104 Å². The smallest absolute Gasteiger partial charge is 0.312 e. The number of para-hydroxylation sites is 1. The molecule has 0 unspecified atom stereocenters. The van der Waals surface area contributed by atoms with E-state index in [1.165, 1.54) is 36.5 Å². The Hall–Kier alpha value is -4.87. The highest BCUT2D eigenvalue weighted by Crippen LogP contribution is 2.35. The molecule has 4 aromatic carbocycles. The van der Waals surface area contributed by atoms with Crippen molar-refractivity contribution in [2.45, 2.75) is 6.61 Å². The summed E-state index contributed by atoms with van der Waals surface area (Å²) in [5.41, 5.74) is 0.451. The van der Waals surface area contributed by atoms with E-state index >= 15 is 0 Å². The molecule has 0 amide bonds. The van der Waals surface area contributed by atoms with E-state index in [9.17, 15) is 19.3 Å². The summed E-state index contributed by atoms with van der Waals surface area (Å²) < 4.78 is 27.4. The third-order valence-corrected chi connectivity index (χ3v) is 7.05. The second kappa shape index (κ2) is 11.2. The number of aromatic nitrogens is 2. The highest BCUT2D eigenvalue weighted by Gasteiger charge is 2.22. The highest BCUT2D eigenvalue weighted by atomic mass is 79.9. The summed E-state index contributed by atoms with van der Waals surface area (Å²) in [5, 5.41) is 17.8. The minimum absolute atomic E-state index is 0.0978. The van der Waals surface area contributed by atoms with Gasteiger partial charge in [0, 0.05) is 32.1 Å². The van der Waals surface area contributed by atoms with Crippen LogP contribution in [0.25, 0.3) is 33.5 Å². The number of furan rings is 1. The van der Waals surface area contributed by atoms with Crippen molar-refractivity contribution in [1.29, 1.82) is 0 Å². The molecule has 208 valence electrons. The molecule has 0 spiro atoms. The van der Waals surface area contributed by atoms with Crippen molar-refractivity contribution in [2.24, 2.45) is 5.10 Å². The number of ether oxygens (including phenoxy) is 1. The Labute approximate surface area is 249 Å². The maximum Gasteiger partial charge on any atom is 0.312 e. The minimum atomic E-state index is -0.618. The fraction of sp³-hybridized carbons (Fsp3) is 0.0333. The number of rotatable bonds is 7. The third kappa shape index (κ3) is 5.27. The summed E-state index contributed by atoms with van der Waals surface area (Å²) in [5.74, 6) is -0.320. The second-order valence-corrected chi connectivity index (χ2v) is 10.4. The van der Waals surface area contributed by atoms with Crippen LogP contribution in [0.2, 0.25) is 5.02 Å². The molecule has 0 N–H and O–H groups in total. The van der Waals surface area contributed by atoms with Gasteiger partial charge in [0.1, 0.15) is 18.0 Å². The molecule has 42 heavy (non-hydrogen) atoms. The normalized spacial score (nSPS) is 11.5. The summed E-state index contributed by atoms with van der Waals surface area (Å²) in [6.07, 6.45) is 1.25. The topological polar surface area (TPSA) is 113 Å². The molecule has 0 radical (unpaired) electrons. The maximum atomic E-state index is 14.3. The number of halogens is 3. The van der Waals surface area contributed by atoms with Crippen LogP contribution in [0, 0.1) is 15.9 Å². The molecule has 0 bridgehead atoms. The van der Waals surface area contributed by atoms with Gasteiger partial charge in [-0.15, -0.1) is 0 Å². The van der Waals surface area contributed by atoms with Crippen LogP contribution in [-0.4, -0.2) is 20.8 Å². The second-order valence-electron chi connectivity index (χ2n) is 9.09. The van der Waals surface area contributed by atoms with E-state index in [2.05, 4.69) is 26.0 Å². The Kier molecular flexibility index (Phi) is 7.27. The fourth-order valence-corrected chi connectivity index (χ4v) is 5.03. The van der Waals surface area contributed by atoms with Crippen molar-refractivity contribution in [3.63, 3.8) is 0 Å². The van der Waals surface area contributed by atoms with Gasteiger partial charge in [0.25, 0.3) is 5.56 Å². The predicted molar refractivity (Wildman–Crippen MR) is 161 cm³/mol. The van der Waals surface area contributed by atoms with Gasteiger partial charge in [0.2, 0.25) is 11.6 Å². The summed E-state index contributed by atoms with van der Waals surface area (Å²) in [6.45, 7) is -0.278. The number of nitro benzene ring substituents is 1. The summed E-state index contributed by atoms with van der Waals surface area (Å²) >= 11 is 9.43. The van der Waals surface area contributed by atoms with E-state index in [0.29, 0.717) is 31.4 Å². The molecule has 0 aliphatic heterocycles. The van der Waals surface area contributed by atoms with Crippen LogP contribution in [-0.2, 0) is 6.61 Å². The van der Waals surface area contributed by atoms with Gasteiger partial charge in [-0.3, -0.25) is 14.9 Å². The van der Waals surface area contributed by atoms with E-state index in [4.69, 9.17) is 20.8 Å². The quantitative estimate of drug-likeness (QED) is 0.0996. The van der Waals surface area contributed by atoms with E-state index in [0.717, 1.165) is 4.68 Å². The summed E-state index contributed by atoms with van der Waals surface area (Å²) in [7, 11) is 0. The van der Waals surface area contributed by atoms with Gasteiger partial charge >= 0.3 is 5.69 Å². The molecule has 9 nitrogen and oxygen atoms in total. The molecule has 0 aliphatic rings. The van der Waals surface area contributed by atoms with Crippen LogP contribution in [0.1, 0.15) is 11.1 Å². The molecule has 2 aromatic heterocycles. The number of fused-ring (bicyclic) bond motifs is 2. The largest absolute Gasteiger partial charge is 0.481 e. The van der Waals surface area contributed by atoms with Gasteiger partial charge in [0.15, 0.2) is 5.76 Å². The standard InChI is InChI=1S/C30H17BrClFN4O5/c31-20-11-19(28(25(14-20)37(39)40)41-16-17-5-1-3-7-23(17)33)15-34-36-29(35-24-8-4-2-6-22(24)30(36)38)27-13-18-12-21(32)9-10-26(18)42-27/h1-15H,16H2. The van der Waals surface area contributed by atoms with E-state index in [1.807, 2.05) is 0 Å². The molecule has 0 fully saturated rings. The predicted octanol–water partition coefficient (Wildman–Crippen LogP) is 7.73. The van der Waals surface area contributed by atoms with Gasteiger partial charge in [-0.05, 0) is 48.5 Å². The Morgan fingerprint density at radius 1 is 1.10 bits per heavy atom. The van der Waals surface area contributed by atoms with Crippen LogP contribution < -0.4 is 10.3 Å². The summed E-state index contributed by atoms with van der Waals surface area (Å²) in [4.78, 5) is 29.6. The molecule has 0 atom stereocenters. The van der Waals surface area contributed by atoms with Crippen molar-refractivity contribution in [3.05, 3.63) is 132 Å². The molecular weight excluding hydrogens is 631 g/mol. The van der Waals surface area contributed by atoms with E-state index in [1.54, 1.807) is 54.6 Å². The zero-order chi connectivity index (χ0) is 29.4. The molecule has 2 heterocycles. The zero-order valence-electron chi connectivity index (χ0n) is 21.3. The van der Waals surface area contributed by atoms with Gasteiger partial charge in [-0.2, -0.15) is 9.78 Å². The molecule has 0 saturated heterocycles. The molecule has 0 saturated carbocycles. The first kappa shape index (κ1) is 27.3. The Morgan fingerprint density at radius 2 is 1.88 bits per heavy atom. The van der Waals surface area contributed by atoms with Crippen molar-refractivity contribution in [1.82, 2.24) is 9.66 Å². The Balaban J connectivity index is 1.50. The third-order valence-electron chi connectivity index (χ3n) is 6.35. The molecule has 12 heteroatoms. The minimum Gasteiger partial charge on any atom is -0.481 e. The van der Waals surface area contributed by atoms with Crippen LogP contribution >= 0.6 is 27.5 Å². The number of hydrogen-bond acceptors (Lipinski definition) is 7. The first-order valence-corrected chi connectivity index (χ1v) is 13.6. The van der Waals surface area contributed by atoms with Crippen molar-refractivity contribution in [3.8, 4) is 17.3 Å². The average molecular weight is 648 g/mol. The lowest BCUT2D eigenvalue weighted by Crippen LogP contribution is -2.20.